The van der Waals surface area contributed by atoms with E-state index in [0.29, 0.717) is 18.1 Å². The first-order valence-electron chi connectivity index (χ1n) is 9.57. The van der Waals surface area contributed by atoms with Crippen LogP contribution in [0.15, 0.2) is 59.4 Å². The van der Waals surface area contributed by atoms with Gasteiger partial charge in [-0.05, 0) is 45.0 Å². The SMILES string of the molecule is CCOc1ccccc1NC(C)C(=O)Nc1c(C)n(C)n(-c2ccccc2)c1=O. The van der Waals surface area contributed by atoms with Crippen LogP contribution in [0, 0.1) is 6.92 Å². The van der Waals surface area contributed by atoms with Crippen LogP contribution in [0.2, 0.25) is 0 Å². The van der Waals surface area contributed by atoms with Crippen LogP contribution < -0.4 is 20.9 Å². The monoisotopic (exact) mass is 394 g/mol. The molecule has 0 spiro atoms. The Kier molecular flexibility index (Phi) is 6.07. The van der Waals surface area contributed by atoms with Crippen molar-refractivity contribution in [1.82, 2.24) is 9.36 Å². The zero-order chi connectivity index (χ0) is 21.0. The van der Waals surface area contributed by atoms with Crippen molar-refractivity contribution in [3.8, 4) is 11.4 Å². The van der Waals surface area contributed by atoms with Gasteiger partial charge in [0.05, 0.1) is 23.7 Å². The number of hydrogen-bond donors (Lipinski definition) is 2. The number of anilines is 2. The second-order valence-corrected chi connectivity index (χ2v) is 6.72. The van der Waals surface area contributed by atoms with E-state index in [9.17, 15) is 9.59 Å². The zero-order valence-corrected chi connectivity index (χ0v) is 17.1. The molecule has 0 saturated heterocycles. The summed E-state index contributed by atoms with van der Waals surface area (Å²) in [5.74, 6) is 0.374. The molecule has 29 heavy (non-hydrogen) atoms. The summed E-state index contributed by atoms with van der Waals surface area (Å²) < 4.78 is 8.86. The van der Waals surface area contributed by atoms with Gasteiger partial charge < -0.3 is 15.4 Å². The molecule has 3 aromatic rings. The average molecular weight is 394 g/mol. The Morgan fingerprint density at radius 3 is 2.45 bits per heavy atom. The minimum atomic E-state index is -0.569. The first kappa shape index (κ1) is 20.3. The molecule has 0 bridgehead atoms. The quantitative estimate of drug-likeness (QED) is 0.644. The molecule has 0 aliphatic heterocycles. The summed E-state index contributed by atoms with van der Waals surface area (Å²) in [6.45, 7) is 5.98. The normalized spacial score (nSPS) is 11.7. The van der Waals surface area contributed by atoms with E-state index in [1.807, 2.05) is 61.5 Å². The van der Waals surface area contributed by atoms with E-state index in [4.69, 9.17) is 4.74 Å². The maximum atomic E-state index is 13.0. The summed E-state index contributed by atoms with van der Waals surface area (Å²) in [5.41, 5.74) is 2.14. The maximum absolute atomic E-state index is 13.0. The van der Waals surface area contributed by atoms with E-state index in [-0.39, 0.29) is 17.2 Å². The Morgan fingerprint density at radius 1 is 1.10 bits per heavy atom. The van der Waals surface area contributed by atoms with Crippen molar-refractivity contribution in [2.45, 2.75) is 26.8 Å². The average Bonchev–Trinajstić information content (AvgIpc) is 2.93. The van der Waals surface area contributed by atoms with Gasteiger partial charge in [-0.3, -0.25) is 14.3 Å². The minimum absolute atomic E-state index is 0.271. The van der Waals surface area contributed by atoms with Crippen LogP contribution in [-0.2, 0) is 11.8 Å². The molecule has 0 radical (unpaired) electrons. The van der Waals surface area contributed by atoms with Gasteiger partial charge in [0, 0.05) is 7.05 Å². The van der Waals surface area contributed by atoms with Crippen molar-refractivity contribution in [1.29, 1.82) is 0 Å². The van der Waals surface area contributed by atoms with Gasteiger partial charge >= 0.3 is 0 Å². The smallest absolute Gasteiger partial charge is 0.295 e. The molecule has 1 aromatic heterocycles. The van der Waals surface area contributed by atoms with Crippen molar-refractivity contribution >= 4 is 17.3 Å². The number of nitrogens with one attached hydrogen (secondary N) is 2. The molecule has 1 heterocycles. The summed E-state index contributed by atoms with van der Waals surface area (Å²) in [6, 6.07) is 16.2. The van der Waals surface area contributed by atoms with Crippen LogP contribution in [-0.4, -0.2) is 27.9 Å². The molecule has 152 valence electrons. The predicted molar refractivity (Wildman–Crippen MR) is 115 cm³/mol. The second-order valence-electron chi connectivity index (χ2n) is 6.72. The van der Waals surface area contributed by atoms with Crippen LogP contribution in [0.3, 0.4) is 0 Å². The summed E-state index contributed by atoms with van der Waals surface area (Å²) >= 11 is 0. The van der Waals surface area contributed by atoms with E-state index in [1.54, 1.807) is 25.6 Å². The molecule has 7 nitrogen and oxygen atoms in total. The standard InChI is InChI=1S/C22H26N4O3/c1-5-29-19-14-10-9-13-18(19)23-15(2)21(27)24-20-16(3)25(4)26(22(20)28)17-11-7-6-8-12-17/h6-15,23H,5H2,1-4H3,(H,24,27). The van der Waals surface area contributed by atoms with E-state index >= 15 is 0 Å². The van der Waals surface area contributed by atoms with Crippen molar-refractivity contribution < 1.29 is 9.53 Å². The second kappa shape index (κ2) is 8.68. The molecule has 2 N–H and O–H groups in total. The number of carbonyl (C=O) groups excluding carboxylic acids is 1. The third-order valence-corrected chi connectivity index (χ3v) is 4.75. The lowest BCUT2D eigenvalue weighted by atomic mass is 10.2. The molecular formula is C22H26N4O3. The predicted octanol–water partition coefficient (Wildman–Crippen LogP) is 3.32. The van der Waals surface area contributed by atoms with Gasteiger partial charge in [0.1, 0.15) is 17.5 Å². The van der Waals surface area contributed by atoms with E-state index in [0.717, 1.165) is 11.4 Å². The lowest BCUT2D eigenvalue weighted by molar-refractivity contribution is -0.116. The Bertz CT molecular complexity index is 1050. The molecule has 1 unspecified atom stereocenters. The summed E-state index contributed by atoms with van der Waals surface area (Å²) in [6.07, 6.45) is 0. The maximum Gasteiger partial charge on any atom is 0.295 e. The number of benzene rings is 2. The summed E-state index contributed by atoms with van der Waals surface area (Å²) in [5, 5.41) is 5.94. The highest BCUT2D eigenvalue weighted by Gasteiger charge is 2.21. The topological polar surface area (TPSA) is 77.3 Å². The van der Waals surface area contributed by atoms with Gasteiger partial charge in [-0.25, -0.2) is 4.68 Å². The summed E-state index contributed by atoms with van der Waals surface area (Å²) in [4.78, 5) is 25.7. The molecule has 0 fully saturated rings. The van der Waals surface area contributed by atoms with Gasteiger partial charge in [-0.15, -0.1) is 0 Å². The largest absolute Gasteiger partial charge is 0.492 e. The Morgan fingerprint density at radius 2 is 1.76 bits per heavy atom. The Labute approximate surface area is 169 Å². The lowest BCUT2D eigenvalue weighted by Gasteiger charge is -2.17. The van der Waals surface area contributed by atoms with Crippen LogP contribution in [0.1, 0.15) is 19.5 Å². The zero-order valence-electron chi connectivity index (χ0n) is 17.1. The highest BCUT2D eigenvalue weighted by molar-refractivity contribution is 5.96. The first-order chi connectivity index (χ1) is 13.9. The van der Waals surface area contributed by atoms with E-state index < -0.39 is 6.04 Å². The third kappa shape index (κ3) is 4.18. The number of ether oxygens (including phenoxy) is 1. The number of nitrogens with zero attached hydrogens (tertiary/aromatic N) is 2. The first-order valence-corrected chi connectivity index (χ1v) is 9.57. The van der Waals surface area contributed by atoms with E-state index in [2.05, 4.69) is 10.6 Å². The van der Waals surface area contributed by atoms with Gasteiger partial charge in [-0.1, -0.05) is 30.3 Å². The molecular weight excluding hydrogens is 368 g/mol. The number of rotatable bonds is 7. The number of para-hydroxylation sites is 3. The molecule has 3 rings (SSSR count). The molecule has 2 aromatic carbocycles. The van der Waals surface area contributed by atoms with Gasteiger partial charge in [0.25, 0.3) is 5.56 Å². The molecule has 1 atom stereocenters. The van der Waals surface area contributed by atoms with Gasteiger partial charge in [-0.2, -0.15) is 0 Å². The van der Waals surface area contributed by atoms with Gasteiger partial charge in [0.2, 0.25) is 5.91 Å². The number of amides is 1. The fraction of sp³-hybridized carbons (Fsp3) is 0.273. The fourth-order valence-electron chi connectivity index (χ4n) is 3.11. The van der Waals surface area contributed by atoms with Crippen LogP contribution in [0.25, 0.3) is 5.69 Å². The highest BCUT2D eigenvalue weighted by atomic mass is 16.5. The fourth-order valence-corrected chi connectivity index (χ4v) is 3.11. The lowest BCUT2D eigenvalue weighted by Crippen LogP contribution is -2.34. The minimum Gasteiger partial charge on any atom is -0.492 e. The van der Waals surface area contributed by atoms with Crippen molar-refractivity contribution in [3.63, 3.8) is 0 Å². The van der Waals surface area contributed by atoms with Crippen molar-refractivity contribution in [2.24, 2.45) is 7.05 Å². The van der Waals surface area contributed by atoms with Crippen LogP contribution >= 0.6 is 0 Å². The number of aromatic nitrogens is 2. The third-order valence-electron chi connectivity index (χ3n) is 4.75. The van der Waals surface area contributed by atoms with Gasteiger partial charge in [0.15, 0.2) is 0 Å². The van der Waals surface area contributed by atoms with Crippen molar-refractivity contribution in [3.05, 3.63) is 70.6 Å². The number of hydrogen-bond acceptors (Lipinski definition) is 4. The summed E-state index contributed by atoms with van der Waals surface area (Å²) in [7, 11) is 1.79. The number of carbonyl (C=O) groups is 1. The van der Waals surface area contributed by atoms with E-state index in [1.165, 1.54) is 4.68 Å². The Hall–Kier alpha value is -3.48. The molecule has 0 aliphatic rings. The van der Waals surface area contributed by atoms with Crippen LogP contribution in [0.4, 0.5) is 11.4 Å². The van der Waals surface area contributed by atoms with Crippen molar-refractivity contribution in [2.75, 3.05) is 17.2 Å². The highest BCUT2D eigenvalue weighted by Crippen LogP contribution is 2.24. The molecule has 0 saturated carbocycles. The Balaban J connectivity index is 1.82. The van der Waals surface area contributed by atoms with Crippen LogP contribution in [0.5, 0.6) is 5.75 Å². The molecule has 0 aliphatic carbocycles. The molecule has 7 heteroatoms. The molecule has 1 amide bonds.